The Kier molecular flexibility index (Phi) is 3.21. The van der Waals surface area contributed by atoms with Gasteiger partial charge < -0.3 is 5.32 Å². The SMILES string of the molecule is CCC(CC)C1=CCNC=C1. The molecule has 11 heavy (non-hydrogen) atoms. The van der Waals surface area contributed by atoms with Crippen molar-refractivity contribution in [3.63, 3.8) is 0 Å². The second-order valence-electron chi connectivity index (χ2n) is 2.96. The molecule has 0 radical (unpaired) electrons. The van der Waals surface area contributed by atoms with Crippen molar-refractivity contribution in [1.29, 1.82) is 0 Å². The zero-order chi connectivity index (χ0) is 8.10. The van der Waals surface area contributed by atoms with Crippen LogP contribution in [0.4, 0.5) is 0 Å². The lowest BCUT2D eigenvalue weighted by molar-refractivity contribution is 0.578. The third-order valence-corrected chi connectivity index (χ3v) is 2.31. The molecule has 0 fully saturated rings. The molecule has 1 N–H and O–H groups in total. The van der Waals surface area contributed by atoms with E-state index in [9.17, 15) is 0 Å². The maximum absolute atomic E-state index is 3.16. The Hall–Kier alpha value is -0.720. The number of hydrogen-bond acceptors (Lipinski definition) is 1. The molecule has 1 aliphatic rings. The minimum absolute atomic E-state index is 0.772. The van der Waals surface area contributed by atoms with Crippen LogP contribution in [0.2, 0.25) is 0 Å². The van der Waals surface area contributed by atoms with Gasteiger partial charge in [-0.1, -0.05) is 19.9 Å². The Morgan fingerprint density at radius 3 is 2.64 bits per heavy atom. The Labute approximate surface area is 69.2 Å². The van der Waals surface area contributed by atoms with E-state index in [-0.39, 0.29) is 0 Å². The fourth-order valence-electron chi connectivity index (χ4n) is 1.53. The summed E-state index contributed by atoms with van der Waals surface area (Å²) in [5.74, 6) is 0.772. The third-order valence-electron chi connectivity index (χ3n) is 2.31. The number of rotatable bonds is 3. The van der Waals surface area contributed by atoms with Crippen LogP contribution in [0.15, 0.2) is 23.9 Å². The summed E-state index contributed by atoms with van der Waals surface area (Å²) in [4.78, 5) is 0. The van der Waals surface area contributed by atoms with Gasteiger partial charge in [0.25, 0.3) is 0 Å². The molecule has 1 heterocycles. The van der Waals surface area contributed by atoms with E-state index in [4.69, 9.17) is 0 Å². The molecule has 0 aromatic carbocycles. The van der Waals surface area contributed by atoms with Crippen LogP contribution in [0, 0.1) is 5.92 Å². The second-order valence-corrected chi connectivity index (χ2v) is 2.96. The van der Waals surface area contributed by atoms with E-state index < -0.39 is 0 Å². The molecule has 0 saturated heterocycles. The highest BCUT2D eigenvalue weighted by Gasteiger charge is 2.07. The summed E-state index contributed by atoms with van der Waals surface area (Å²) < 4.78 is 0. The van der Waals surface area contributed by atoms with Gasteiger partial charge in [0.05, 0.1) is 0 Å². The molecule has 1 nitrogen and oxygen atoms in total. The minimum Gasteiger partial charge on any atom is -0.387 e. The van der Waals surface area contributed by atoms with Crippen LogP contribution >= 0.6 is 0 Å². The summed E-state index contributed by atoms with van der Waals surface area (Å²) in [6.07, 6.45) is 9.05. The van der Waals surface area contributed by atoms with Gasteiger partial charge in [0, 0.05) is 6.54 Å². The quantitative estimate of drug-likeness (QED) is 0.653. The van der Waals surface area contributed by atoms with Crippen LogP contribution in [0.1, 0.15) is 26.7 Å². The number of hydrogen-bond donors (Lipinski definition) is 1. The van der Waals surface area contributed by atoms with E-state index in [1.54, 1.807) is 0 Å². The van der Waals surface area contributed by atoms with E-state index in [1.807, 2.05) is 6.20 Å². The standard InChI is InChI=1S/C10H17N/c1-3-9(4-2)10-5-7-11-8-6-10/h5-7,9,11H,3-4,8H2,1-2H3. The number of dihydropyridines is 1. The van der Waals surface area contributed by atoms with Crippen LogP contribution in [0.3, 0.4) is 0 Å². The van der Waals surface area contributed by atoms with Gasteiger partial charge in [-0.3, -0.25) is 0 Å². The first kappa shape index (κ1) is 8.38. The highest BCUT2D eigenvalue weighted by Crippen LogP contribution is 2.20. The second kappa shape index (κ2) is 4.22. The number of nitrogens with one attached hydrogen (secondary N) is 1. The van der Waals surface area contributed by atoms with Crippen molar-refractivity contribution in [3.8, 4) is 0 Å². The highest BCUT2D eigenvalue weighted by atomic mass is 14.8. The molecule has 0 saturated carbocycles. The van der Waals surface area contributed by atoms with E-state index in [1.165, 1.54) is 18.4 Å². The van der Waals surface area contributed by atoms with Crippen molar-refractivity contribution in [1.82, 2.24) is 5.32 Å². The molecule has 62 valence electrons. The molecule has 1 heteroatoms. The van der Waals surface area contributed by atoms with Gasteiger partial charge in [0.1, 0.15) is 0 Å². The van der Waals surface area contributed by atoms with E-state index in [2.05, 4.69) is 31.3 Å². The molecule has 0 aromatic heterocycles. The molecule has 0 atom stereocenters. The Balaban J connectivity index is 2.56. The lowest BCUT2D eigenvalue weighted by Gasteiger charge is -2.16. The minimum atomic E-state index is 0.772. The van der Waals surface area contributed by atoms with Crippen LogP contribution in [-0.2, 0) is 0 Å². The zero-order valence-corrected chi connectivity index (χ0v) is 7.43. The molecule has 0 aromatic rings. The number of allylic oxidation sites excluding steroid dienone is 2. The molecule has 0 bridgehead atoms. The van der Waals surface area contributed by atoms with Crippen molar-refractivity contribution >= 4 is 0 Å². The maximum atomic E-state index is 3.16. The van der Waals surface area contributed by atoms with E-state index in [0.29, 0.717) is 0 Å². The summed E-state index contributed by atoms with van der Waals surface area (Å²) in [6.45, 7) is 5.51. The maximum Gasteiger partial charge on any atom is 0.0331 e. The van der Waals surface area contributed by atoms with Crippen molar-refractivity contribution in [2.24, 2.45) is 5.92 Å². The van der Waals surface area contributed by atoms with E-state index in [0.717, 1.165) is 12.5 Å². The van der Waals surface area contributed by atoms with Crippen molar-refractivity contribution < 1.29 is 0 Å². The predicted octanol–water partition coefficient (Wildman–Crippen LogP) is 2.47. The van der Waals surface area contributed by atoms with Gasteiger partial charge in [-0.25, -0.2) is 0 Å². The van der Waals surface area contributed by atoms with Gasteiger partial charge >= 0.3 is 0 Å². The summed E-state index contributed by atoms with van der Waals surface area (Å²) in [7, 11) is 0. The summed E-state index contributed by atoms with van der Waals surface area (Å²) >= 11 is 0. The average molecular weight is 151 g/mol. The Bertz CT molecular complexity index is 164. The topological polar surface area (TPSA) is 12.0 Å². The van der Waals surface area contributed by atoms with Crippen LogP contribution in [0.25, 0.3) is 0 Å². The molecule has 0 spiro atoms. The first-order valence-corrected chi connectivity index (χ1v) is 4.48. The van der Waals surface area contributed by atoms with E-state index >= 15 is 0 Å². The summed E-state index contributed by atoms with van der Waals surface area (Å²) in [5, 5.41) is 3.16. The summed E-state index contributed by atoms with van der Waals surface area (Å²) in [6, 6.07) is 0. The molecule has 1 aliphatic heterocycles. The van der Waals surface area contributed by atoms with Crippen LogP contribution in [0.5, 0.6) is 0 Å². The fraction of sp³-hybridized carbons (Fsp3) is 0.600. The van der Waals surface area contributed by atoms with Gasteiger partial charge in [-0.2, -0.15) is 0 Å². The fourth-order valence-corrected chi connectivity index (χ4v) is 1.53. The Morgan fingerprint density at radius 1 is 1.45 bits per heavy atom. The first-order chi connectivity index (χ1) is 5.38. The predicted molar refractivity (Wildman–Crippen MR) is 49.3 cm³/mol. The molecular formula is C10H17N. The van der Waals surface area contributed by atoms with Crippen molar-refractivity contribution in [2.45, 2.75) is 26.7 Å². The largest absolute Gasteiger partial charge is 0.387 e. The molecular weight excluding hydrogens is 134 g/mol. The highest BCUT2D eigenvalue weighted by molar-refractivity contribution is 5.24. The zero-order valence-electron chi connectivity index (χ0n) is 7.43. The first-order valence-electron chi connectivity index (χ1n) is 4.48. The Morgan fingerprint density at radius 2 is 2.18 bits per heavy atom. The lowest BCUT2D eigenvalue weighted by atomic mass is 9.92. The van der Waals surface area contributed by atoms with Gasteiger partial charge in [-0.15, -0.1) is 0 Å². The molecule has 0 aliphatic carbocycles. The van der Waals surface area contributed by atoms with Crippen molar-refractivity contribution in [2.75, 3.05) is 6.54 Å². The molecule has 1 rings (SSSR count). The summed E-state index contributed by atoms with van der Waals surface area (Å²) in [5.41, 5.74) is 1.51. The molecule has 0 unspecified atom stereocenters. The van der Waals surface area contributed by atoms with Gasteiger partial charge in [0.2, 0.25) is 0 Å². The van der Waals surface area contributed by atoms with Gasteiger partial charge in [0.15, 0.2) is 0 Å². The third kappa shape index (κ3) is 2.11. The van der Waals surface area contributed by atoms with Gasteiger partial charge in [-0.05, 0) is 36.6 Å². The smallest absolute Gasteiger partial charge is 0.0331 e. The lowest BCUT2D eigenvalue weighted by Crippen LogP contribution is -2.12. The van der Waals surface area contributed by atoms with Crippen LogP contribution < -0.4 is 5.32 Å². The normalized spacial score (nSPS) is 16.5. The van der Waals surface area contributed by atoms with Crippen LogP contribution in [-0.4, -0.2) is 6.54 Å². The molecule has 0 amide bonds. The average Bonchev–Trinajstić information content (AvgIpc) is 2.09. The monoisotopic (exact) mass is 151 g/mol. The van der Waals surface area contributed by atoms with Crippen molar-refractivity contribution in [3.05, 3.63) is 23.9 Å².